The molecule has 0 fully saturated rings. The molecule has 0 amide bonds. The van der Waals surface area contributed by atoms with Gasteiger partial charge < -0.3 is 0 Å². The number of nitrogens with zero attached hydrogens (tertiary/aromatic N) is 2. The lowest BCUT2D eigenvalue weighted by molar-refractivity contribution is 0.713. The first-order valence-electron chi connectivity index (χ1n) is 9.61. The number of aromatic nitrogens is 2. The molecule has 4 rings (SSSR count). The van der Waals surface area contributed by atoms with Crippen molar-refractivity contribution in [2.24, 2.45) is 7.05 Å². The molecule has 0 aliphatic rings. The highest BCUT2D eigenvalue weighted by Gasteiger charge is 2.46. The van der Waals surface area contributed by atoms with Gasteiger partial charge in [0.15, 0.2) is 11.0 Å². The summed E-state index contributed by atoms with van der Waals surface area (Å²) in [4.78, 5) is 17.4. The van der Waals surface area contributed by atoms with Crippen molar-refractivity contribution in [3.8, 4) is 0 Å². The SMILES string of the molecule is CSc1nc(N[P+](c2ccccc2)(c2ccccc2)c2ccccc2)cc(=O)n1C. The second-order valence-electron chi connectivity index (χ2n) is 6.81. The molecule has 0 spiro atoms. The molecule has 0 radical (unpaired) electrons. The molecular weight excluding hydrogens is 409 g/mol. The summed E-state index contributed by atoms with van der Waals surface area (Å²) < 4.78 is 1.57. The Morgan fingerprint density at radius 3 is 1.63 bits per heavy atom. The number of hydrogen-bond acceptors (Lipinski definition) is 4. The molecule has 1 heterocycles. The van der Waals surface area contributed by atoms with Crippen molar-refractivity contribution < 1.29 is 0 Å². The van der Waals surface area contributed by atoms with Crippen molar-refractivity contribution in [1.29, 1.82) is 0 Å². The van der Waals surface area contributed by atoms with Crippen LogP contribution in [0, 0.1) is 0 Å². The topological polar surface area (TPSA) is 46.9 Å². The van der Waals surface area contributed by atoms with Crippen molar-refractivity contribution in [1.82, 2.24) is 9.55 Å². The first-order valence-corrected chi connectivity index (χ1v) is 12.6. The molecule has 6 heteroatoms. The number of anilines is 1. The van der Waals surface area contributed by atoms with Gasteiger partial charge in [-0.1, -0.05) is 66.4 Å². The van der Waals surface area contributed by atoms with E-state index in [4.69, 9.17) is 4.98 Å². The lowest BCUT2D eigenvalue weighted by atomic mass is 10.4. The third kappa shape index (κ3) is 3.79. The van der Waals surface area contributed by atoms with Crippen LogP contribution in [0.3, 0.4) is 0 Å². The maximum absolute atomic E-state index is 12.6. The summed E-state index contributed by atoms with van der Waals surface area (Å²) in [6.45, 7) is 0. The second kappa shape index (κ2) is 8.86. The van der Waals surface area contributed by atoms with Crippen LogP contribution in [0.5, 0.6) is 0 Å². The van der Waals surface area contributed by atoms with E-state index in [1.807, 2.05) is 24.5 Å². The van der Waals surface area contributed by atoms with Gasteiger partial charge in [-0.15, -0.1) is 0 Å². The Bertz CT molecular complexity index is 1080. The van der Waals surface area contributed by atoms with Crippen LogP contribution in [-0.4, -0.2) is 15.8 Å². The zero-order chi connectivity index (χ0) is 21.0. The molecule has 1 N–H and O–H groups in total. The second-order valence-corrected chi connectivity index (χ2v) is 10.7. The minimum Gasteiger partial charge on any atom is -0.291 e. The molecule has 150 valence electrons. The normalized spacial score (nSPS) is 11.3. The highest BCUT2D eigenvalue weighted by Crippen LogP contribution is 2.54. The maximum Gasteiger partial charge on any atom is 0.256 e. The summed E-state index contributed by atoms with van der Waals surface area (Å²) in [7, 11) is -0.561. The molecule has 1 aromatic heterocycles. The predicted molar refractivity (Wildman–Crippen MR) is 130 cm³/mol. The fraction of sp³-hybridized carbons (Fsp3) is 0.0833. The van der Waals surface area contributed by atoms with E-state index in [0.29, 0.717) is 11.0 Å². The van der Waals surface area contributed by atoms with Crippen LogP contribution in [-0.2, 0) is 7.05 Å². The van der Waals surface area contributed by atoms with E-state index in [9.17, 15) is 4.79 Å². The molecule has 4 nitrogen and oxygen atoms in total. The maximum atomic E-state index is 12.6. The van der Waals surface area contributed by atoms with Crippen LogP contribution in [0.25, 0.3) is 0 Å². The molecule has 0 atom stereocenters. The van der Waals surface area contributed by atoms with Gasteiger partial charge in [-0.25, -0.2) is 10.1 Å². The summed E-state index contributed by atoms with van der Waals surface area (Å²) in [5.41, 5.74) is -0.0795. The number of hydrogen-bond donors (Lipinski definition) is 1. The van der Waals surface area contributed by atoms with Gasteiger partial charge >= 0.3 is 0 Å². The van der Waals surface area contributed by atoms with E-state index >= 15 is 0 Å². The van der Waals surface area contributed by atoms with Crippen LogP contribution in [0.4, 0.5) is 5.82 Å². The van der Waals surface area contributed by atoms with Gasteiger partial charge in [0.05, 0.1) is 0 Å². The summed E-state index contributed by atoms with van der Waals surface area (Å²) in [6, 6.07) is 32.9. The minimum atomic E-state index is -2.31. The molecule has 0 saturated heterocycles. The zero-order valence-electron chi connectivity index (χ0n) is 16.9. The van der Waals surface area contributed by atoms with Gasteiger partial charge in [-0.3, -0.25) is 9.36 Å². The van der Waals surface area contributed by atoms with E-state index in [2.05, 4.69) is 77.9 Å². The molecule has 0 saturated carbocycles. The first kappa shape index (κ1) is 20.4. The first-order chi connectivity index (χ1) is 14.6. The summed E-state index contributed by atoms with van der Waals surface area (Å²) in [6.07, 6.45) is 1.93. The van der Waals surface area contributed by atoms with Crippen LogP contribution < -0.4 is 26.6 Å². The highest BCUT2D eigenvalue weighted by molar-refractivity contribution is 7.98. The van der Waals surface area contributed by atoms with Gasteiger partial charge in [-0.2, -0.15) is 0 Å². The minimum absolute atomic E-state index is 0.0795. The summed E-state index contributed by atoms with van der Waals surface area (Å²) >= 11 is 1.46. The lowest BCUT2D eigenvalue weighted by Crippen LogP contribution is -2.36. The molecule has 30 heavy (non-hydrogen) atoms. The molecule has 0 bridgehead atoms. The molecule has 0 aliphatic carbocycles. The zero-order valence-corrected chi connectivity index (χ0v) is 18.6. The van der Waals surface area contributed by atoms with Gasteiger partial charge in [0.1, 0.15) is 15.9 Å². The van der Waals surface area contributed by atoms with Crippen molar-refractivity contribution in [3.05, 3.63) is 107 Å². The van der Waals surface area contributed by atoms with Crippen LogP contribution in [0.1, 0.15) is 0 Å². The Morgan fingerprint density at radius 1 is 0.800 bits per heavy atom. The Kier molecular flexibility index (Phi) is 6.03. The van der Waals surface area contributed by atoms with Gasteiger partial charge in [0.2, 0.25) is 7.41 Å². The van der Waals surface area contributed by atoms with Crippen molar-refractivity contribution in [2.45, 2.75) is 5.16 Å². The third-order valence-electron chi connectivity index (χ3n) is 4.99. The van der Waals surface area contributed by atoms with Gasteiger partial charge in [0, 0.05) is 13.1 Å². The smallest absolute Gasteiger partial charge is 0.256 e. The predicted octanol–water partition coefficient (Wildman–Crippen LogP) is 3.82. The molecule has 0 unspecified atom stereocenters. The Hall–Kier alpha value is -2.88. The highest BCUT2D eigenvalue weighted by atomic mass is 32.2. The summed E-state index contributed by atoms with van der Waals surface area (Å²) in [5.74, 6) is 0.590. The van der Waals surface area contributed by atoms with E-state index in [-0.39, 0.29) is 5.56 Å². The standard InChI is InChI=1S/C24H22N3OPS/c1-27-23(28)18-22(25-24(27)30-2)26-29(19-12-6-3-7-13-19,20-14-8-4-9-15-20)21-16-10-5-11-17-21/h3-18H,1-2H3/p+1. The Morgan fingerprint density at radius 2 is 1.23 bits per heavy atom. The van der Waals surface area contributed by atoms with Crippen LogP contribution >= 0.6 is 19.2 Å². The fourth-order valence-corrected chi connectivity index (χ4v) is 7.68. The number of thioether (sulfide) groups is 1. The van der Waals surface area contributed by atoms with E-state index in [0.717, 1.165) is 0 Å². The van der Waals surface area contributed by atoms with E-state index in [1.165, 1.54) is 27.7 Å². The largest absolute Gasteiger partial charge is 0.291 e. The number of rotatable bonds is 6. The average molecular weight is 433 g/mol. The van der Waals surface area contributed by atoms with Gasteiger partial charge in [0.25, 0.3) is 5.56 Å². The lowest BCUT2D eigenvalue weighted by Gasteiger charge is -2.28. The average Bonchev–Trinajstić information content (AvgIpc) is 2.81. The third-order valence-corrected chi connectivity index (χ3v) is 9.50. The van der Waals surface area contributed by atoms with Crippen molar-refractivity contribution in [2.75, 3.05) is 11.3 Å². The molecule has 4 aromatic rings. The molecular formula is C24H23N3OPS+. The fourth-order valence-electron chi connectivity index (χ4n) is 3.53. The van der Waals surface area contributed by atoms with Crippen molar-refractivity contribution >= 4 is 40.9 Å². The van der Waals surface area contributed by atoms with Crippen LogP contribution in [0.2, 0.25) is 0 Å². The molecule has 0 aliphatic heterocycles. The van der Waals surface area contributed by atoms with Crippen LogP contribution in [0.15, 0.2) is 107 Å². The van der Waals surface area contributed by atoms with Gasteiger partial charge in [-0.05, 0) is 42.7 Å². The van der Waals surface area contributed by atoms with Crippen molar-refractivity contribution in [3.63, 3.8) is 0 Å². The Balaban J connectivity index is 2.01. The van der Waals surface area contributed by atoms with E-state index in [1.54, 1.807) is 17.7 Å². The Labute approximate surface area is 181 Å². The summed E-state index contributed by atoms with van der Waals surface area (Å²) in [5, 5.41) is 7.96. The quantitative estimate of drug-likeness (QED) is 0.286. The molecule has 3 aromatic carbocycles. The van der Waals surface area contributed by atoms with E-state index < -0.39 is 7.41 Å². The number of benzene rings is 3. The monoisotopic (exact) mass is 432 g/mol. The number of nitrogens with one attached hydrogen (secondary N) is 1.